The van der Waals surface area contributed by atoms with E-state index in [2.05, 4.69) is 5.32 Å². The fourth-order valence-corrected chi connectivity index (χ4v) is 1.68. The van der Waals surface area contributed by atoms with Crippen molar-refractivity contribution in [1.82, 2.24) is 0 Å². The third-order valence-corrected chi connectivity index (χ3v) is 2.50. The molecule has 0 radical (unpaired) electrons. The first-order valence-electron chi connectivity index (χ1n) is 5.18. The fraction of sp³-hybridized carbons (Fsp3) is 0.417. The summed E-state index contributed by atoms with van der Waals surface area (Å²) in [5.41, 5.74) is 0.972. The van der Waals surface area contributed by atoms with Gasteiger partial charge in [0.2, 0.25) is 0 Å². The van der Waals surface area contributed by atoms with Gasteiger partial charge < -0.3 is 14.8 Å². The Hall–Kier alpha value is -1.71. The van der Waals surface area contributed by atoms with Crippen LogP contribution in [0.3, 0.4) is 0 Å². The van der Waals surface area contributed by atoms with Crippen LogP contribution in [-0.4, -0.2) is 25.2 Å². The van der Waals surface area contributed by atoms with E-state index in [9.17, 15) is 4.79 Å². The van der Waals surface area contributed by atoms with E-state index in [0.717, 1.165) is 5.69 Å². The molecule has 86 valence electrons. The monoisotopic (exact) mass is 221 g/mol. The minimum atomic E-state index is -0.378. The molecular formula is C12H15NO3. The molecule has 4 nitrogen and oxygen atoms in total. The predicted octanol–water partition coefficient (Wildman–Crippen LogP) is 2.06. The molecule has 0 bridgehead atoms. The van der Waals surface area contributed by atoms with E-state index in [1.807, 2.05) is 19.9 Å². The van der Waals surface area contributed by atoms with Crippen LogP contribution in [-0.2, 0) is 4.74 Å². The number of methoxy groups -OCH3 is 1. The summed E-state index contributed by atoms with van der Waals surface area (Å²) >= 11 is 0. The van der Waals surface area contributed by atoms with Crippen LogP contribution in [0.5, 0.6) is 5.75 Å². The van der Waals surface area contributed by atoms with Gasteiger partial charge in [-0.2, -0.15) is 0 Å². The van der Waals surface area contributed by atoms with Gasteiger partial charge in [0.1, 0.15) is 11.2 Å². The van der Waals surface area contributed by atoms with Gasteiger partial charge in [-0.05, 0) is 26.0 Å². The Balaban J connectivity index is 2.46. The summed E-state index contributed by atoms with van der Waals surface area (Å²) in [6.07, 6.45) is 0. The fourth-order valence-electron chi connectivity index (χ4n) is 1.68. The number of para-hydroxylation sites is 1. The van der Waals surface area contributed by atoms with Gasteiger partial charge in [-0.25, -0.2) is 4.79 Å². The quantitative estimate of drug-likeness (QED) is 0.737. The summed E-state index contributed by atoms with van der Waals surface area (Å²) in [5.74, 6) is 0.196. The molecule has 0 aromatic heterocycles. The molecule has 0 saturated carbocycles. The lowest BCUT2D eigenvalue weighted by Crippen LogP contribution is -2.40. The Morgan fingerprint density at radius 2 is 2.25 bits per heavy atom. The lowest BCUT2D eigenvalue weighted by Gasteiger charge is -2.34. The van der Waals surface area contributed by atoms with Gasteiger partial charge in [-0.15, -0.1) is 0 Å². The number of benzene rings is 1. The lowest BCUT2D eigenvalue weighted by molar-refractivity contribution is 0.0582. The van der Waals surface area contributed by atoms with Crippen molar-refractivity contribution in [3.05, 3.63) is 23.8 Å². The maximum Gasteiger partial charge on any atom is 0.341 e. The molecular weight excluding hydrogens is 206 g/mol. The number of nitrogens with one attached hydrogen (secondary N) is 1. The van der Waals surface area contributed by atoms with Crippen LogP contribution in [0.4, 0.5) is 5.69 Å². The summed E-state index contributed by atoms with van der Waals surface area (Å²) in [7, 11) is 1.36. The molecule has 1 heterocycles. The summed E-state index contributed by atoms with van der Waals surface area (Å²) in [6.45, 7) is 4.65. The molecule has 1 N–H and O–H groups in total. The number of rotatable bonds is 1. The molecule has 0 fully saturated rings. The molecule has 4 heteroatoms. The second-order valence-electron chi connectivity index (χ2n) is 4.39. The Morgan fingerprint density at radius 1 is 1.50 bits per heavy atom. The van der Waals surface area contributed by atoms with Crippen molar-refractivity contribution in [2.24, 2.45) is 0 Å². The highest BCUT2D eigenvalue weighted by molar-refractivity contribution is 5.95. The molecule has 16 heavy (non-hydrogen) atoms. The van der Waals surface area contributed by atoms with Gasteiger partial charge in [-0.1, -0.05) is 6.07 Å². The zero-order chi connectivity index (χ0) is 11.8. The van der Waals surface area contributed by atoms with Gasteiger partial charge >= 0.3 is 5.97 Å². The van der Waals surface area contributed by atoms with Crippen molar-refractivity contribution in [2.75, 3.05) is 19.0 Å². The molecule has 0 saturated heterocycles. The normalized spacial score (nSPS) is 16.7. The van der Waals surface area contributed by atoms with Crippen LogP contribution < -0.4 is 10.1 Å². The van der Waals surface area contributed by atoms with Crippen LogP contribution in [0.2, 0.25) is 0 Å². The highest BCUT2D eigenvalue weighted by atomic mass is 16.5. The van der Waals surface area contributed by atoms with Crippen molar-refractivity contribution in [1.29, 1.82) is 0 Å². The number of hydrogen-bond donors (Lipinski definition) is 1. The van der Waals surface area contributed by atoms with E-state index in [4.69, 9.17) is 9.47 Å². The molecule has 1 aliphatic heterocycles. The number of carbonyl (C=O) groups is 1. The zero-order valence-electron chi connectivity index (χ0n) is 9.66. The van der Waals surface area contributed by atoms with Gasteiger partial charge in [0.05, 0.1) is 19.3 Å². The zero-order valence-corrected chi connectivity index (χ0v) is 9.66. The molecule has 1 aromatic carbocycles. The van der Waals surface area contributed by atoms with Crippen LogP contribution >= 0.6 is 0 Å². The SMILES string of the molecule is COC(=O)c1cccc2c1OC(C)(C)CN2. The Kier molecular flexibility index (Phi) is 2.50. The highest BCUT2D eigenvalue weighted by Gasteiger charge is 2.29. The van der Waals surface area contributed by atoms with E-state index in [0.29, 0.717) is 17.9 Å². The first kappa shape index (κ1) is 10.8. The number of hydrogen-bond acceptors (Lipinski definition) is 4. The largest absolute Gasteiger partial charge is 0.483 e. The average Bonchev–Trinajstić information content (AvgIpc) is 2.26. The molecule has 0 spiro atoms. The minimum Gasteiger partial charge on any atom is -0.483 e. The topological polar surface area (TPSA) is 47.6 Å². The summed E-state index contributed by atoms with van der Waals surface area (Å²) in [6, 6.07) is 5.39. The van der Waals surface area contributed by atoms with Crippen molar-refractivity contribution < 1.29 is 14.3 Å². The molecule has 0 amide bonds. The van der Waals surface area contributed by atoms with Gasteiger partial charge in [0.15, 0.2) is 5.75 Å². The van der Waals surface area contributed by atoms with E-state index >= 15 is 0 Å². The number of carbonyl (C=O) groups excluding carboxylic acids is 1. The molecule has 1 aliphatic rings. The molecule has 0 unspecified atom stereocenters. The van der Waals surface area contributed by atoms with Crippen LogP contribution in [0.1, 0.15) is 24.2 Å². The van der Waals surface area contributed by atoms with Gasteiger partial charge in [0, 0.05) is 0 Å². The number of esters is 1. The number of anilines is 1. The Bertz CT molecular complexity index is 426. The van der Waals surface area contributed by atoms with Gasteiger partial charge in [-0.3, -0.25) is 0 Å². The maximum absolute atomic E-state index is 11.6. The van der Waals surface area contributed by atoms with Gasteiger partial charge in [0.25, 0.3) is 0 Å². The van der Waals surface area contributed by atoms with Crippen molar-refractivity contribution in [3.8, 4) is 5.75 Å². The van der Waals surface area contributed by atoms with Crippen molar-refractivity contribution in [3.63, 3.8) is 0 Å². The summed E-state index contributed by atoms with van der Waals surface area (Å²) in [4.78, 5) is 11.6. The van der Waals surface area contributed by atoms with Crippen LogP contribution in [0.15, 0.2) is 18.2 Å². The van der Waals surface area contributed by atoms with E-state index in [1.165, 1.54) is 7.11 Å². The summed E-state index contributed by atoms with van der Waals surface area (Å²) in [5, 5.41) is 3.24. The first-order chi connectivity index (χ1) is 7.53. The Morgan fingerprint density at radius 3 is 2.94 bits per heavy atom. The molecule has 2 rings (SSSR count). The third kappa shape index (κ3) is 1.83. The molecule has 1 aromatic rings. The third-order valence-electron chi connectivity index (χ3n) is 2.50. The Labute approximate surface area is 94.6 Å². The van der Waals surface area contributed by atoms with E-state index in [-0.39, 0.29) is 11.6 Å². The average molecular weight is 221 g/mol. The smallest absolute Gasteiger partial charge is 0.341 e. The standard InChI is InChI=1S/C12H15NO3/c1-12(2)7-13-9-6-4-5-8(10(9)16-12)11(14)15-3/h4-6,13H,7H2,1-3H3. The van der Waals surface area contributed by atoms with Crippen LogP contribution in [0, 0.1) is 0 Å². The summed E-state index contributed by atoms with van der Waals surface area (Å²) < 4.78 is 10.5. The lowest BCUT2D eigenvalue weighted by atomic mass is 10.0. The second kappa shape index (κ2) is 3.70. The van der Waals surface area contributed by atoms with E-state index < -0.39 is 0 Å². The number of fused-ring (bicyclic) bond motifs is 1. The predicted molar refractivity (Wildman–Crippen MR) is 61.0 cm³/mol. The molecule has 0 aliphatic carbocycles. The number of ether oxygens (including phenoxy) is 2. The first-order valence-corrected chi connectivity index (χ1v) is 5.18. The van der Waals surface area contributed by atoms with Crippen molar-refractivity contribution in [2.45, 2.75) is 19.4 Å². The maximum atomic E-state index is 11.6. The highest BCUT2D eigenvalue weighted by Crippen LogP contribution is 2.36. The van der Waals surface area contributed by atoms with Crippen molar-refractivity contribution >= 4 is 11.7 Å². The van der Waals surface area contributed by atoms with Crippen LogP contribution in [0.25, 0.3) is 0 Å². The molecule has 0 atom stereocenters. The van der Waals surface area contributed by atoms with E-state index in [1.54, 1.807) is 12.1 Å². The second-order valence-corrected chi connectivity index (χ2v) is 4.39. The minimum absolute atomic E-state index is 0.322.